The third-order valence-electron chi connectivity index (χ3n) is 8.26. The predicted molar refractivity (Wildman–Crippen MR) is 169 cm³/mol. The van der Waals surface area contributed by atoms with E-state index in [0.29, 0.717) is 6.42 Å². The van der Waals surface area contributed by atoms with Crippen molar-refractivity contribution in [1.82, 2.24) is 14.9 Å². The first-order chi connectivity index (χ1) is 21.7. The highest BCUT2D eigenvalue weighted by Gasteiger charge is 2.37. The average Bonchev–Trinajstić information content (AvgIpc) is 3.33. The molecular formula is C33H44F3N3O6S. The van der Waals surface area contributed by atoms with Crippen LogP contribution in [-0.2, 0) is 26.0 Å². The summed E-state index contributed by atoms with van der Waals surface area (Å²) in [7, 11) is -3.31. The van der Waals surface area contributed by atoms with Gasteiger partial charge in [0, 0.05) is 19.6 Å². The Morgan fingerprint density at radius 1 is 1.11 bits per heavy atom. The number of alkyl halides is 3. The van der Waals surface area contributed by atoms with Crippen LogP contribution in [0.1, 0.15) is 68.4 Å². The Morgan fingerprint density at radius 2 is 1.85 bits per heavy atom. The molecule has 2 aromatic carbocycles. The van der Waals surface area contributed by atoms with Gasteiger partial charge in [0.15, 0.2) is 0 Å². The number of sulfonamides is 1. The quantitative estimate of drug-likeness (QED) is 0.353. The molecule has 4 rings (SSSR count). The molecule has 0 spiro atoms. The number of halogens is 3. The van der Waals surface area contributed by atoms with Gasteiger partial charge < -0.3 is 25.2 Å². The lowest BCUT2D eigenvalue weighted by Gasteiger charge is -2.31. The number of carbonyl (C=O) groups excluding carboxylic acids is 1. The van der Waals surface area contributed by atoms with Crippen LogP contribution in [0.4, 0.5) is 13.2 Å². The Bertz CT molecular complexity index is 1440. The zero-order valence-corrected chi connectivity index (χ0v) is 27.2. The fourth-order valence-electron chi connectivity index (χ4n) is 5.82. The predicted octanol–water partition coefficient (Wildman–Crippen LogP) is 4.59. The molecule has 2 aliphatic rings. The van der Waals surface area contributed by atoms with E-state index in [1.165, 1.54) is 0 Å². The highest BCUT2D eigenvalue weighted by atomic mass is 32.2. The van der Waals surface area contributed by atoms with Gasteiger partial charge in [0.2, 0.25) is 15.9 Å². The van der Waals surface area contributed by atoms with Crippen LogP contribution in [0.2, 0.25) is 0 Å². The number of amides is 1. The number of benzene rings is 2. The molecule has 254 valence electrons. The van der Waals surface area contributed by atoms with Gasteiger partial charge in [-0.2, -0.15) is 17.5 Å². The third-order valence-corrected chi connectivity index (χ3v) is 10.1. The number of allylic oxidation sites excluding steroid dienone is 1. The number of hydrogen-bond donors (Lipinski definition) is 3. The minimum atomic E-state index is -4.67. The lowest BCUT2D eigenvalue weighted by atomic mass is 9.99. The molecule has 2 aromatic rings. The van der Waals surface area contributed by atoms with Crippen molar-refractivity contribution in [1.29, 1.82) is 0 Å². The van der Waals surface area contributed by atoms with E-state index in [0.717, 1.165) is 33.8 Å². The monoisotopic (exact) mass is 667 g/mol. The number of carbonyl (C=O) groups is 1. The number of hydrogen-bond acceptors (Lipinski definition) is 7. The number of fused-ring (bicyclic) bond motifs is 5. The molecule has 1 aliphatic heterocycles. The summed E-state index contributed by atoms with van der Waals surface area (Å²) in [6, 6.07) is 12.8. The first-order valence-corrected chi connectivity index (χ1v) is 17.2. The standard InChI is InChI=1S/C33H44F3N3O6S/c1-22(2)45-24-13-14-25-26(19-24)27-20-31(25)44-16-9-5-8-12-29(39(3)46(42,43)17-15-33(34,35)36)32(41)38-28(30(40)21-37-27)18-23-10-6-4-7-11-23/h4-7,9-11,13-14,19,22,27-31,37,40H,8,12,15-18,20-21H2,1-3H3,(H,38,41)/b9-5-/t27-,28-,29-,30+,31+/m0/s1. The van der Waals surface area contributed by atoms with Crippen LogP contribution >= 0.6 is 0 Å². The molecule has 1 heterocycles. The summed E-state index contributed by atoms with van der Waals surface area (Å²) in [6.45, 7) is 4.25. The van der Waals surface area contributed by atoms with E-state index >= 15 is 0 Å². The van der Waals surface area contributed by atoms with E-state index in [9.17, 15) is 31.5 Å². The van der Waals surface area contributed by atoms with Gasteiger partial charge in [-0.1, -0.05) is 48.6 Å². The fourth-order valence-corrected chi connectivity index (χ4v) is 7.19. The zero-order chi connectivity index (χ0) is 33.5. The topological polar surface area (TPSA) is 117 Å². The van der Waals surface area contributed by atoms with Crippen molar-refractivity contribution in [2.45, 2.75) is 88.6 Å². The summed E-state index contributed by atoms with van der Waals surface area (Å²) >= 11 is 0. The van der Waals surface area contributed by atoms with E-state index in [-0.39, 0.29) is 50.7 Å². The second-order valence-electron chi connectivity index (χ2n) is 12.1. The number of rotatable bonds is 8. The van der Waals surface area contributed by atoms with Gasteiger partial charge in [0.25, 0.3) is 0 Å². The third kappa shape index (κ3) is 10.0. The van der Waals surface area contributed by atoms with Crippen molar-refractivity contribution in [2.75, 3.05) is 26.0 Å². The summed E-state index contributed by atoms with van der Waals surface area (Å²) in [5.41, 5.74) is 2.85. The molecule has 3 N–H and O–H groups in total. The van der Waals surface area contributed by atoms with Gasteiger partial charge in [-0.3, -0.25) is 4.79 Å². The van der Waals surface area contributed by atoms with Crippen LogP contribution in [0, 0.1) is 0 Å². The van der Waals surface area contributed by atoms with E-state index in [4.69, 9.17) is 9.47 Å². The Kier molecular flexibility index (Phi) is 12.3. The van der Waals surface area contributed by atoms with Gasteiger partial charge in [0.05, 0.1) is 43.1 Å². The highest BCUT2D eigenvalue weighted by molar-refractivity contribution is 7.89. The van der Waals surface area contributed by atoms with Crippen LogP contribution < -0.4 is 15.4 Å². The minimum Gasteiger partial charge on any atom is -0.491 e. The average molecular weight is 668 g/mol. The Balaban J connectivity index is 1.62. The molecule has 0 saturated heterocycles. The zero-order valence-electron chi connectivity index (χ0n) is 26.4. The Labute approximate surface area is 269 Å². The van der Waals surface area contributed by atoms with Crippen molar-refractivity contribution in [3.63, 3.8) is 0 Å². The molecule has 46 heavy (non-hydrogen) atoms. The van der Waals surface area contributed by atoms with Crippen LogP contribution in [0.25, 0.3) is 0 Å². The molecule has 0 aromatic heterocycles. The Hall–Kier alpha value is -2.97. The first kappa shape index (κ1) is 35.9. The number of ether oxygens (including phenoxy) is 2. The fraction of sp³-hybridized carbons (Fsp3) is 0.545. The number of nitrogens with zero attached hydrogens (tertiary/aromatic N) is 1. The maximum atomic E-state index is 13.7. The summed E-state index contributed by atoms with van der Waals surface area (Å²) in [5, 5.41) is 17.7. The molecule has 1 amide bonds. The molecule has 9 nitrogen and oxygen atoms in total. The maximum absolute atomic E-state index is 13.7. The summed E-state index contributed by atoms with van der Waals surface area (Å²) in [6.07, 6.45) is -2.80. The van der Waals surface area contributed by atoms with E-state index in [1.54, 1.807) is 12.2 Å². The number of aliphatic hydroxyl groups excluding tert-OH is 1. The number of likely N-dealkylation sites (N-methyl/N-ethyl adjacent to an activating group) is 1. The number of aliphatic hydroxyl groups is 1. The molecule has 0 unspecified atom stereocenters. The summed E-state index contributed by atoms with van der Waals surface area (Å²) in [4.78, 5) is 13.7. The van der Waals surface area contributed by atoms with Crippen molar-refractivity contribution >= 4 is 15.9 Å². The Morgan fingerprint density at radius 3 is 2.54 bits per heavy atom. The van der Waals surface area contributed by atoms with Crippen LogP contribution in [0.5, 0.6) is 5.75 Å². The summed E-state index contributed by atoms with van der Waals surface area (Å²) in [5.74, 6) is -1.15. The van der Waals surface area contributed by atoms with Crippen LogP contribution in [0.15, 0.2) is 60.7 Å². The number of nitrogens with one attached hydrogen (secondary N) is 2. The SMILES string of the molecule is CC(C)Oc1ccc2c(c1)[C@@H]1C[C@H]2OC/C=C\CC[C@H](N(C)S(=O)(=O)CCC(F)(F)F)C(=O)N[C@@H](Cc2ccccc2)[C@H](O)CN1. The lowest BCUT2D eigenvalue weighted by molar-refractivity contribution is -0.130. The highest BCUT2D eigenvalue weighted by Crippen LogP contribution is 2.42. The molecule has 13 heteroatoms. The molecular weight excluding hydrogens is 623 g/mol. The van der Waals surface area contributed by atoms with E-state index < -0.39 is 52.5 Å². The van der Waals surface area contributed by atoms with Crippen molar-refractivity contribution < 1.29 is 41.0 Å². The molecule has 0 saturated carbocycles. The van der Waals surface area contributed by atoms with Gasteiger partial charge in [0.1, 0.15) is 11.8 Å². The molecule has 1 aliphatic carbocycles. The van der Waals surface area contributed by atoms with Gasteiger partial charge in [-0.25, -0.2) is 8.42 Å². The second kappa shape index (κ2) is 15.7. The molecule has 5 atom stereocenters. The molecule has 0 fully saturated rings. The normalized spacial score (nSPS) is 25.7. The van der Waals surface area contributed by atoms with Crippen LogP contribution in [-0.4, -0.2) is 80.2 Å². The van der Waals surface area contributed by atoms with Crippen molar-refractivity contribution in [2.24, 2.45) is 0 Å². The van der Waals surface area contributed by atoms with Crippen molar-refractivity contribution in [3.05, 3.63) is 77.4 Å². The summed E-state index contributed by atoms with van der Waals surface area (Å²) < 4.78 is 77.4. The number of β-amino-alcohol motifs (C(OH)–C–C–N with tert-alkyl or cyclic N) is 1. The van der Waals surface area contributed by atoms with E-state index in [1.807, 2.05) is 62.4 Å². The minimum absolute atomic E-state index is 0.01000. The van der Waals surface area contributed by atoms with Gasteiger partial charge >= 0.3 is 6.18 Å². The maximum Gasteiger partial charge on any atom is 0.390 e. The van der Waals surface area contributed by atoms with E-state index in [2.05, 4.69) is 10.6 Å². The van der Waals surface area contributed by atoms with Gasteiger partial charge in [-0.05, 0) is 68.4 Å². The largest absolute Gasteiger partial charge is 0.491 e. The second-order valence-corrected chi connectivity index (χ2v) is 14.3. The lowest BCUT2D eigenvalue weighted by Crippen LogP contribution is -2.55. The molecule has 0 radical (unpaired) electrons. The van der Waals surface area contributed by atoms with Crippen LogP contribution in [0.3, 0.4) is 0 Å². The molecule has 2 bridgehead atoms. The smallest absolute Gasteiger partial charge is 0.390 e. The first-order valence-electron chi connectivity index (χ1n) is 15.6. The van der Waals surface area contributed by atoms with Gasteiger partial charge in [-0.15, -0.1) is 0 Å². The van der Waals surface area contributed by atoms with Crippen molar-refractivity contribution in [3.8, 4) is 5.75 Å².